The van der Waals surface area contributed by atoms with E-state index in [-0.39, 0.29) is 5.31 Å². The summed E-state index contributed by atoms with van der Waals surface area (Å²) in [6, 6.07) is 0. The quantitative estimate of drug-likeness (QED) is 0.509. The van der Waals surface area contributed by atoms with Gasteiger partial charge in [-0.15, -0.1) is 0 Å². The minimum atomic E-state index is 0.103. The first kappa shape index (κ1) is 11.1. The predicted octanol–water partition coefficient (Wildman–Crippen LogP) is 3.71. The third-order valence-electron chi connectivity index (χ3n) is 2.20. The monoisotopic (exact) mass is 152 g/mol. The van der Waals surface area contributed by atoms with Gasteiger partial charge in [0.05, 0.1) is 7.85 Å². The van der Waals surface area contributed by atoms with Gasteiger partial charge in [-0.2, -0.15) is 0 Å². The summed E-state index contributed by atoms with van der Waals surface area (Å²) >= 11 is 0. The van der Waals surface area contributed by atoms with Gasteiger partial charge in [0.25, 0.3) is 0 Å². The van der Waals surface area contributed by atoms with Crippen molar-refractivity contribution in [2.75, 3.05) is 0 Å². The number of unbranched alkanes of at least 4 members (excludes halogenated alkanes) is 2. The summed E-state index contributed by atoms with van der Waals surface area (Å²) in [5.74, 6) is 0. The fraction of sp³-hybridized carbons (Fsp3) is 1.00. The molecule has 0 saturated heterocycles. The minimum absolute atomic E-state index is 0.103. The van der Waals surface area contributed by atoms with E-state index < -0.39 is 0 Å². The lowest BCUT2D eigenvalue weighted by Gasteiger charge is -2.24. The van der Waals surface area contributed by atoms with Gasteiger partial charge in [-0.3, -0.25) is 0 Å². The molecule has 0 N–H and O–H groups in total. The number of hydrogen-bond donors (Lipinski definition) is 0. The Morgan fingerprint density at radius 1 is 1.00 bits per heavy atom. The third-order valence-corrected chi connectivity index (χ3v) is 2.20. The molecule has 0 spiro atoms. The molecule has 11 heavy (non-hydrogen) atoms. The maximum Gasteiger partial charge on any atom is 0.0742 e. The Hall–Kier alpha value is 0.0649. The minimum Gasteiger partial charge on any atom is -0.0688 e. The van der Waals surface area contributed by atoms with Crippen molar-refractivity contribution in [3.63, 3.8) is 0 Å². The first-order valence-corrected chi connectivity index (χ1v) is 4.91. The van der Waals surface area contributed by atoms with E-state index in [1.54, 1.807) is 0 Å². The molecule has 1 heteroatoms. The molecule has 0 aliphatic heterocycles. The topological polar surface area (TPSA) is 0 Å². The highest BCUT2D eigenvalue weighted by atomic mass is 14.1. The summed E-state index contributed by atoms with van der Waals surface area (Å²) in [5, 5.41) is 0.103. The molecule has 0 bridgehead atoms. The van der Waals surface area contributed by atoms with Gasteiger partial charge in [0.1, 0.15) is 0 Å². The molecule has 0 nitrogen and oxygen atoms in total. The van der Waals surface area contributed by atoms with Crippen LogP contribution in [-0.4, -0.2) is 7.85 Å². The molecule has 0 fully saturated rings. The normalized spacial score (nSPS) is 11.9. The van der Waals surface area contributed by atoms with E-state index in [0.29, 0.717) is 0 Å². The summed E-state index contributed by atoms with van der Waals surface area (Å²) in [4.78, 5) is 0. The van der Waals surface area contributed by atoms with Crippen LogP contribution in [0.4, 0.5) is 0 Å². The second-order valence-corrected chi connectivity index (χ2v) is 3.86. The smallest absolute Gasteiger partial charge is 0.0688 e. The lowest BCUT2D eigenvalue weighted by molar-refractivity contribution is 0.476. The Balaban J connectivity index is 3.43. The Morgan fingerprint density at radius 3 is 1.64 bits per heavy atom. The van der Waals surface area contributed by atoms with Crippen molar-refractivity contribution in [3.8, 4) is 0 Å². The summed E-state index contributed by atoms with van der Waals surface area (Å²) < 4.78 is 0. The van der Waals surface area contributed by atoms with Gasteiger partial charge in [-0.1, -0.05) is 64.6 Å². The zero-order valence-electron chi connectivity index (χ0n) is 8.32. The van der Waals surface area contributed by atoms with Crippen molar-refractivity contribution < 1.29 is 0 Å². The second-order valence-electron chi connectivity index (χ2n) is 3.86. The fourth-order valence-corrected chi connectivity index (χ4v) is 1.29. The third kappa shape index (κ3) is 6.46. The van der Waals surface area contributed by atoms with Crippen LogP contribution in [0.1, 0.15) is 59.3 Å². The summed E-state index contributed by atoms with van der Waals surface area (Å²) in [7, 11) is 6.09. The largest absolute Gasteiger partial charge is 0.0742 e. The van der Waals surface area contributed by atoms with Gasteiger partial charge in [0, 0.05) is 0 Å². The molecule has 0 aliphatic carbocycles. The van der Waals surface area contributed by atoms with Gasteiger partial charge in [0.2, 0.25) is 0 Å². The van der Waals surface area contributed by atoms with Gasteiger partial charge in [-0.25, -0.2) is 0 Å². The molecule has 0 aliphatic rings. The van der Waals surface area contributed by atoms with E-state index in [1.807, 2.05) is 0 Å². The number of hydrogen-bond acceptors (Lipinski definition) is 0. The molecule has 0 aromatic heterocycles. The lowest BCUT2D eigenvalue weighted by Crippen LogP contribution is -2.07. The van der Waals surface area contributed by atoms with Crippen LogP contribution >= 0.6 is 0 Å². The van der Waals surface area contributed by atoms with Crippen LogP contribution < -0.4 is 0 Å². The van der Waals surface area contributed by atoms with Crippen LogP contribution in [0.3, 0.4) is 0 Å². The van der Waals surface area contributed by atoms with Gasteiger partial charge >= 0.3 is 0 Å². The van der Waals surface area contributed by atoms with Crippen molar-refractivity contribution >= 4 is 7.85 Å². The van der Waals surface area contributed by atoms with Gasteiger partial charge in [0.15, 0.2) is 0 Å². The van der Waals surface area contributed by atoms with Crippen LogP contribution in [0.2, 0.25) is 5.31 Å². The Kier molecular flexibility index (Phi) is 5.72. The number of rotatable bonds is 6. The highest BCUT2D eigenvalue weighted by molar-refractivity contribution is 6.14. The molecule has 64 valence electrons. The lowest BCUT2D eigenvalue weighted by atomic mass is 9.64. The van der Waals surface area contributed by atoms with E-state index in [1.165, 1.54) is 38.5 Å². The van der Waals surface area contributed by atoms with Crippen molar-refractivity contribution in [2.45, 2.75) is 64.6 Å². The summed E-state index contributed by atoms with van der Waals surface area (Å²) in [5.41, 5.74) is 0. The Morgan fingerprint density at radius 2 is 1.36 bits per heavy atom. The molecular weight excluding hydrogens is 131 g/mol. The Bertz CT molecular complexity index is 76.9. The molecule has 0 aromatic rings. The Labute approximate surface area is 73.2 Å². The molecule has 0 atom stereocenters. The van der Waals surface area contributed by atoms with Crippen LogP contribution in [-0.2, 0) is 0 Å². The fourth-order valence-electron chi connectivity index (χ4n) is 1.29. The highest BCUT2D eigenvalue weighted by Crippen LogP contribution is 2.33. The SMILES string of the molecule is [B]C(C)(CCCC)CCCC. The predicted molar refractivity (Wildman–Crippen MR) is 53.2 cm³/mol. The van der Waals surface area contributed by atoms with E-state index in [9.17, 15) is 0 Å². The van der Waals surface area contributed by atoms with E-state index in [2.05, 4.69) is 20.8 Å². The molecule has 0 aromatic carbocycles. The van der Waals surface area contributed by atoms with Gasteiger partial charge < -0.3 is 0 Å². The summed E-state index contributed by atoms with van der Waals surface area (Å²) in [6.07, 6.45) is 7.44. The molecule has 0 unspecified atom stereocenters. The average Bonchev–Trinajstić information content (AvgIpc) is 1.97. The standard InChI is InChI=1S/C10H21B/c1-4-6-8-10(3,11)9-7-5-2/h4-9H2,1-3H3. The van der Waals surface area contributed by atoms with Crippen LogP contribution in [0, 0.1) is 0 Å². The molecule has 0 amide bonds. The molecule has 0 heterocycles. The van der Waals surface area contributed by atoms with Crippen molar-refractivity contribution in [2.24, 2.45) is 0 Å². The average molecular weight is 152 g/mol. The van der Waals surface area contributed by atoms with Gasteiger partial charge in [-0.05, 0) is 0 Å². The summed E-state index contributed by atoms with van der Waals surface area (Å²) in [6.45, 7) is 6.62. The molecular formula is C10H21B. The second kappa shape index (κ2) is 5.68. The van der Waals surface area contributed by atoms with E-state index >= 15 is 0 Å². The maximum absolute atomic E-state index is 6.09. The van der Waals surface area contributed by atoms with E-state index in [4.69, 9.17) is 7.85 Å². The van der Waals surface area contributed by atoms with Crippen molar-refractivity contribution in [1.82, 2.24) is 0 Å². The first-order valence-electron chi connectivity index (χ1n) is 4.91. The molecule has 0 rings (SSSR count). The van der Waals surface area contributed by atoms with Crippen LogP contribution in [0.25, 0.3) is 0 Å². The van der Waals surface area contributed by atoms with Crippen LogP contribution in [0.5, 0.6) is 0 Å². The maximum atomic E-state index is 6.09. The highest BCUT2D eigenvalue weighted by Gasteiger charge is 2.14. The van der Waals surface area contributed by atoms with Crippen molar-refractivity contribution in [3.05, 3.63) is 0 Å². The molecule has 2 radical (unpaired) electrons. The molecule has 0 saturated carbocycles. The first-order chi connectivity index (χ1) is 5.12. The van der Waals surface area contributed by atoms with Crippen molar-refractivity contribution in [1.29, 1.82) is 0 Å². The van der Waals surface area contributed by atoms with E-state index in [0.717, 1.165) is 0 Å². The zero-order valence-corrected chi connectivity index (χ0v) is 8.32. The zero-order chi connectivity index (χ0) is 8.74. The van der Waals surface area contributed by atoms with Crippen LogP contribution in [0.15, 0.2) is 0 Å².